The molecule has 1 aromatic rings. The maximum Gasteiger partial charge on any atom is 0.305 e. The molecule has 1 heterocycles. The molecule has 2 rings (SSSR count). The molecule has 0 aliphatic carbocycles. The zero-order valence-corrected chi connectivity index (χ0v) is 11.5. The number of carboxylic acids is 1. The normalized spacial score (nSPS) is 17.2. The third-order valence-corrected chi connectivity index (χ3v) is 3.56. The summed E-state index contributed by atoms with van der Waals surface area (Å²) >= 11 is 0. The van der Waals surface area contributed by atoms with Gasteiger partial charge in [-0.3, -0.25) is 9.59 Å². The summed E-state index contributed by atoms with van der Waals surface area (Å²) in [5.41, 5.74) is 0.583. The number of nitrogens with one attached hydrogen (secondary N) is 1. The summed E-state index contributed by atoms with van der Waals surface area (Å²) in [6.45, 7) is 1.08. The number of hydrogen-bond donors (Lipinski definition) is 2. The van der Waals surface area contributed by atoms with E-state index >= 15 is 0 Å². The molecular weight excluding hydrogens is 277 g/mol. The minimum atomic E-state index is -1.02. The van der Waals surface area contributed by atoms with E-state index in [9.17, 15) is 14.0 Å². The number of carboxylic acid groups (broad SMARTS) is 1. The van der Waals surface area contributed by atoms with Gasteiger partial charge in [-0.05, 0) is 30.5 Å². The van der Waals surface area contributed by atoms with Gasteiger partial charge in [-0.25, -0.2) is 4.39 Å². The van der Waals surface area contributed by atoms with Crippen molar-refractivity contribution in [3.63, 3.8) is 0 Å². The fraction of sp³-hybridized carbons (Fsp3) is 0.467. The summed E-state index contributed by atoms with van der Waals surface area (Å²) in [5, 5.41) is 11.7. The highest BCUT2D eigenvalue weighted by atomic mass is 19.1. The summed E-state index contributed by atoms with van der Waals surface area (Å²) in [5.74, 6) is -1.75. The maximum absolute atomic E-state index is 12.9. The van der Waals surface area contributed by atoms with E-state index in [1.165, 1.54) is 24.3 Å². The van der Waals surface area contributed by atoms with E-state index in [0.29, 0.717) is 31.6 Å². The summed E-state index contributed by atoms with van der Waals surface area (Å²) in [4.78, 5) is 23.2. The van der Waals surface area contributed by atoms with Crippen molar-refractivity contribution in [1.29, 1.82) is 0 Å². The Labute approximate surface area is 122 Å². The molecule has 0 radical (unpaired) electrons. The van der Waals surface area contributed by atoms with Crippen LogP contribution in [0.25, 0.3) is 0 Å². The van der Waals surface area contributed by atoms with Crippen LogP contribution in [0.2, 0.25) is 0 Å². The Hall–Kier alpha value is -1.95. The highest BCUT2D eigenvalue weighted by Crippen LogP contribution is 2.21. The first-order valence-electron chi connectivity index (χ1n) is 6.91. The van der Waals surface area contributed by atoms with Crippen LogP contribution in [0.1, 0.15) is 30.9 Å². The lowest BCUT2D eigenvalue weighted by Crippen LogP contribution is -2.37. The second-order valence-electron chi connectivity index (χ2n) is 5.10. The van der Waals surface area contributed by atoms with Crippen LogP contribution in [0.15, 0.2) is 24.3 Å². The predicted octanol–water partition coefficient (Wildman–Crippen LogP) is 1.88. The van der Waals surface area contributed by atoms with E-state index in [2.05, 4.69) is 5.32 Å². The molecule has 1 aliphatic heterocycles. The molecule has 1 saturated heterocycles. The van der Waals surface area contributed by atoms with Crippen molar-refractivity contribution in [2.24, 2.45) is 5.92 Å². The molecule has 1 amide bonds. The van der Waals surface area contributed by atoms with E-state index in [4.69, 9.17) is 9.84 Å². The van der Waals surface area contributed by atoms with E-state index in [1.54, 1.807) is 0 Å². The van der Waals surface area contributed by atoms with Crippen molar-refractivity contribution < 1.29 is 23.8 Å². The number of benzene rings is 1. The van der Waals surface area contributed by atoms with Gasteiger partial charge in [0, 0.05) is 19.1 Å². The average Bonchev–Trinajstić information content (AvgIpc) is 2.48. The Morgan fingerprint density at radius 3 is 2.48 bits per heavy atom. The van der Waals surface area contributed by atoms with Crippen molar-refractivity contribution in [3.8, 4) is 0 Å². The van der Waals surface area contributed by atoms with Crippen molar-refractivity contribution in [2.45, 2.75) is 25.3 Å². The Morgan fingerprint density at radius 2 is 1.90 bits per heavy atom. The van der Waals surface area contributed by atoms with Crippen LogP contribution < -0.4 is 5.32 Å². The van der Waals surface area contributed by atoms with Gasteiger partial charge in [0.1, 0.15) is 5.82 Å². The number of ether oxygens (including phenoxy) is 1. The topological polar surface area (TPSA) is 75.6 Å². The lowest BCUT2D eigenvalue weighted by molar-refractivity contribution is -0.138. The molecule has 0 saturated carbocycles. The minimum Gasteiger partial charge on any atom is -0.481 e. The molecule has 0 aromatic heterocycles. The van der Waals surface area contributed by atoms with Crippen LogP contribution in [0.3, 0.4) is 0 Å². The van der Waals surface area contributed by atoms with Gasteiger partial charge < -0.3 is 15.2 Å². The zero-order valence-electron chi connectivity index (χ0n) is 11.5. The van der Waals surface area contributed by atoms with Crippen LogP contribution >= 0.6 is 0 Å². The van der Waals surface area contributed by atoms with Crippen LogP contribution in [0.4, 0.5) is 4.39 Å². The molecule has 114 valence electrons. The minimum absolute atomic E-state index is 0.157. The molecule has 2 N–H and O–H groups in total. The van der Waals surface area contributed by atoms with Gasteiger partial charge in [0.25, 0.3) is 0 Å². The summed E-state index contributed by atoms with van der Waals surface area (Å²) in [6, 6.07) is 4.84. The Balaban J connectivity index is 2.06. The molecule has 0 bridgehead atoms. The van der Waals surface area contributed by atoms with Gasteiger partial charge in [0.15, 0.2) is 0 Å². The number of aliphatic carboxylic acids is 1. The van der Waals surface area contributed by atoms with Gasteiger partial charge in [0.2, 0.25) is 5.91 Å². The molecule has 5 nitrogen and oxygen atoms in total. The SMILES string of the molecule is O=C(O)C[C@H](NC(=O)C1CCOCC1)c1ccc(F)cc1. The molecule has 1 aromatic carbocycles. The lowest BCUT2D eigenvalue weighted by Gasteiger charge is -2.24. The van der Waals surface area contributed by atoms with Crippen molar-refractivity contribution in [3.05, 3.63) is 35.6 Å². The largest absolute Gasteiger partial charge is 0.481 e. The average molecular weight is 295 g/mol. The number of carbonyl (C=O) groups is 2. The van der Waals surface area contributed by atoms with Gasteiger partial charge in [0.05, 0.1) is 12.5 Å². The predicted molar refractivity (Wildman–Crippen MR) is 73.1 cm³/mol. The van der Waals surface area contributed by atoms with Crippen LogP contribution in [0, 0.1) is 11.7 Å². The molecule has 0 spiro atoms. The summed E-state index contributed by atoms with van der Waals surface area (Å²) < 4.78 is 18.1. The van der Waals surface area contributed by atoms with Crippen molar-refractivity contribution in [1.82, 2.24) is 5.32 Å². The number of hydrogen-bond acceptors (Lipinski definition) is 3. The molecular formula is C15H18FNO4. The van der Waals surface area contributed by atoms with E-state index in [1.807, 2.05) is 0 Å². The van der Waals surface area contributed by atoms with Gasteiger partial charge in [-0.1, -0.05) is 12.1 Å². The molecule has 0 unspecified atom stereocenters. The van der Waals surface area contributed by atoms with E-state index in [-0.39, 0.29) is 18.2 Å². The number of rotatable bonds is 5. The Bertz CT molecular complexity index is 497. The quantitative estimate of drug-likeness (QED) is 0.869. The fourth-order valence-electron chi connectivity index (χ4n) is 2.37. The molecule has 6 heteroatoms. The molecule has 1 fully saturated rings. The third-order valence-electron chi connectivity index (χ3n) is 3.56. The molecule has 1 atom stereocenters. The summed E-state index contributed by atoms with van der Waals surface area (Å²) in [7, 11) is 0. The third kappa shape index (κ3) is 4.53. The fourth-order valence-corrected chi connectivity index (χ4v) is 2.37. The second kappa shape index (κ2) is 7.17. The summed E-state index contributed by atoms with van der Waals surface area (Å²) in [6.07, 6.45) is 1.03. The van der Waals surface area contributed by atoms with Crippen LogP contribution in [-0.4, -0.2) is 30.2 Å². The standard InChI is InChI=1S/C15H18FNO4/c16-12-3-1-10(2-4-12)13(9-14(18)19)17-15(20)11-5-7-21-8-6-11/h1-4,11,13H,5-9H2,(H,17,20)(H,18,19)/t13-/m0/s1. The van der Waals surface area contributed by atoms with Crippen LogP contribution in [-0.2, 0) is 14.3 Å². The number of carbonyl (C=O) groups excluding carboxylic acids is 1. The maximum atomic E-state index is 12.9. The number of amides is 1. The Kier molecular flexibility index (Phi) is 5.27. The first kappa shape index (κ1) is 15.4. The first-order chi connectivity index (χ1) is 10.1. The highest BCUT2D eigenvalue weighted by molar-refractivity contribution is 5.80. The van der Waals surface area contributed by atoms with E-state index in [0.717, 1.165) is 0 Å². The van der Waals surface area contributed by atoms with E-state index < -0.39 is 17.8 Å². The highest BCUT2D eigenvalue weighted by Gasteiger charge is 2.25. The second-order valence-corrected chi connectivity index (χ2v) is 5.10. The number of halogens is 1. The van der Waals surface area contributed by atoms with Crippen molar-refractivity contribution in [2.75, 3.05) is 13.2 Å². The van der Waals surface area contributed by atoms with Gasteiger partial charge in [-0.2, -0.15) is 0 Å². The molecule has 21 heavy (non-hydrogen) atoms. The first-order valence-corrected chi connectivity index (χ1v) is 6.91. The lowest BCUT2D eigenvalue weighted by atomic mass is 9.97. The zero-order chi connectivity index (χ0) is 15.2. The van der Waals surface area contributed by atoms with Gasteiger partial charge >= 0.3 is 5.97 Å². The van der Waals surface area contributed by atoms with Crippen LogP contribution in [0.5, 0.6) is 0 Å². The van der Waals surface area contributed by atoms with Crippen molar-refractivity contribution >= 4 is 11.9 Å². The Morgan fingerprint density at radius 1 is 1.29 bits per heavy atom. The van der Waals surface area contributed by atoms with Gasteiger partial charge in [-0.15, -0.1) is 0 Å². The monoisotopic (exact) mass is 295 g/mol. The molecule has 1 aliphatic rings. The smallest absolute Gasteiger partial charge is 0.305 e.